The van der Waals surface area contributed by atoms with Crippen LogP contribution >= 0.6 is 0 Å². The molecule has 6 nitrogen and oxygen atoms in total. The molecule has 108 valence electrons. The van der Waals surface area contributed by atoms with Crippen LogP contribution in [-0.2, 0) is 13.6 Å². The fourth-order valence-corrected chi connectivity index (χ4v) is 1.95. The minimum atomic E-state index is 0.597. The van der Waals surface area contributed by atoms with Crippen LogP contribution in [0, 0.1) is 0 Å². The van der Waals surface area contributed by atoms with Gasteiger partial charge in [0.05, 0.1) is 33.2 Å². The number of rotatable bonds is 6. The lowest BCUT2D eigenvalue weighted by Crippen LogP contribution is -2.01. The van der Waals surface area contributed by atoms with Gasteiger partial charge in [0, 0.05) is 19.8 Å². The lowest BCUT2D eigenvalue weighted by molar-refractivity contribution is 0.324. The Hall–Kier alpha value is -2.37. The molecule has 0 bridgehead atoms. The first-order valence-electron chi connectivity index (χ1n) is 6.19. The molecule has 1 aromatic carbocycles. The predicted molar refractivity (Wildman–Crippen MR) is 76.6 cm³/mol. The third-order valence-corrected chi connectivity index (χ3v) is 2.93. The minimum absolute atomic E-state index is 0.597. The fraction of sp³-hybridized carbons (Fsp3) is 0.357. The molecule has 0 saturated carbocycles. The summed E-state index contributed by atoms with van der Waals surface area (Å²) >= 11 is 0. The minimum Gasteiger partial charge on any atom is -0.493 e. The molecule has 0 radical (unpaired) electrons. The quantitative estimate of drug-likeness (QED) is 0.876. The van der Waals surface area contributed by atoms with E-state index in [-0.39, 0.29) is 0 Å². The Morgan fingerprint density at radius 2 is 1.75 bits per heavy atom. The number of ether oxygens (including phenoxy) is 3. The van der Waals surface area contributed by atoms with Crippen LogP contribution in [0.2, 0.25) is 0 Å². The topological polar surface area (TPSA) is 57.5 Å². The van der Waals surface area contributed by atoms with Gasteiger partial charge >= 0.3 is 0 Å². The van der Waals surface area contributed by atoms with Crippen molar-refractivity contribution in [2.24, 2.45) is 7.05 Å². The Balaban J connectivity index is 2.19. The Labute approximate surface area is 118 Å². The van der Waals surface area contributed by atoms with E-state index in [0.29, 0.717) is 23.8 Å². The monoisotopic (exact) mass is 277 g/mol. The van der Waals surface area contributed by atoms with Crippen LogP contribution in [0.4, 0.5) is 5.69 Å². The highest BCUT2D eigenvalue weighted by atomic mass is 16.5. The van der Waals surface area contributed by atoms with Gasteiger partial charge in [-0.05, 0) is 17.7 Å². The molecular formula is C14H19N3O3. The molecule has 20 heavy (non-hydrogen) atoms. The largest absolute Gasteiger partial charge is 0.493 e. The molecule has 0 atom stereocenters. The van der Waals surface area contributed by atoms with Crippen molar-refractivity contribution in [1.29, 1.82) is 0 Å². The number of aryl methyl sites for hydroxylation is 1. The summed E-state index contributed by atoms with van der Waals surface area (Å²) < 4.78 is 17.7. The second-order valence-electron chi connectivity index (χ2n) is 4.29. The van der Waals surface area contributed by atoms with Crippen LogP contribution in [0.5, 0.6) is 17.2 Å². The fourth-order valence-electron chi connectivity index (χ4n) is 1.95. The Kier molecular flexibility index (Phi) is 4.34. The van der Waals surface area contributed by atoms with Crippen molar-refractivity contribution in [3.05, 3.63) is 30.1 Å². The Morgan fingerprint density at radius 3 is 2.20 bits per heavy atom. The van der Waals surface area contributed by atoms with E-state index in [1.54, 1.807) is 32.2 Å². The molecule has 0 unspecified atom stereocenters. The lowest BCUT2D eigenvalue weighted by Gasteiger charge is -2.14. The zero-order valence-electron chi connectivity index (χ0n) is 12.1. The van der Waals surface area contributed by atoms with Crippen molar-refractivity contribution in [3.63, 3.8) is 0 Å². The molecule has 1 aromatic heterocycles. The second-order valence-corrected chi connectivity index (χ2v) is 4.29. The summed E-state index contributed by atoms with van der Waals surface area (Å²) in [6, 6.07) is 3.84. The van der Waals surface area contributed by atoms with Crippen molar-refractivity contribution in [2.75, 3.05) is 26.6 Å². The molecular weight excluding hydrogens is 258 g/mol. The first-order valence-corrected chi connectivity index (χ1v) is 6.19. The molecule has 1 heterocycles. The van der Waals surface area contributed by atoms with E-state index in [9.17, 15) is 0 Å². The van der Waals surface area contributed by atoms with Crippen LogP contribution in [0.3, 0.4) is 0 Å². The van der Waals surface area contributed by atoms with E-state index in [1.807, 2.05) is 25.4 Å². The summed E-state index contributed by atoms with van der Waals surface area (Å²) in [7, 11) is 6.68. The average molecular weight is 277 g/mol. The summed E-state index contributed by atoms with van der Waals surface area (Å²) in [6.07, 6.45) is 3.69. The molecule has 2 aromatic rings. The molecule has 2 rings (SSSR count). The molecule has 0 saturated heterocycles. The molecule has 6 heteroatoms. The number of nitrogens with one attached hydrogen (secondary N) is 1. The molecule has 0 aliphatic rings. The van der Waals surface area contributed by atoms with Gasteiger partial charge in [0.25, 0.3) is 0 Å². The average Bonchev–Trinajstić information content (AvgIpc) is 2.89. The summed E-state index contributed by atoms with van der Waals surface area (Å²) in [6.45, 7) is 0.641. The van der Waals surface area contributed by atoms with E-state index in [2.05, 4.69) is 10.4 Å². The molecule has 1 N–H and O–H groups in total. The highest BCUT2D eigenvalue weighted by molar-refractivity contribution is 5.54. The van der Waals surface area contributed by atoms with Gasteiger partial charge in [-0.15, -0.1) is 0 Å². The van der Waals surface area contributed by atoms with E-state index < -0.39 is 0 Å². The highest BCUT2D eigenvalue weighted by Crippen LogP contribution is 2.38. The lowest BCUT2D eigenvalue weighted by atomic mass is 10.1. The third-order valence-electron chi connectivity index (χ3n) is 2.93. The molecule has 0 amide bonds. The molecule has 0 aliphatic heterocycles. The van der Waals surface area contributed by atoms with Crippen molar-refractivity contribution >= 4 is 5.69 Å². The van der Waals surface area contributed by atoms with Crippen molar-refractivity contribution in [2.45, 2.75) is 6.54 Å². The normalized spacial score (nSPS) is 10.2. The zero-order valence-corrected chi connectivity index (χ0v) is 12.1. The number of hydrogen-bond acceptors (Lipinski definition) is 5. The molecule has 0 aliphatic carbocycles. The predicted octanol–water partition coefficient (Wildman–Crippen LogP) is 2.06. The maximum absolute atomic E-state index is 5.33. The van der Waals surface area contributed by atoms with Gasteiger partial charge in [0.15, 0.2) is 11.5 Å². The van der Waals surface area contributed by atoms with Crippen molar-refractivity contribution in [3.8, 4) is 17.2 Å². The van der Waals surface area contributed by atoms with Gasteiger partial charge in [-0.2, -0.15) is 5.10 Å². The maximum atomic E-state index is 5.33. The molecule has 0 spiro atoms. The highest BCUT2D eigenvalue weighted by Gasteiger charge is 2.13. The second kappa shape index (κ2) is 6.18. The molecule has 0 fully saturated rings. The van der Waals surface area contributed by atoms with Crippen LogP contribution in [0.1, 0.15) is 5.56 Å². The summed E-state index contributed by atoms with van der Waals surface area (Å²) in [4.78, 5) is 0. The smallest absolute Gasteiger partial charge is 0.203 e. The van der Waals surface area contributed by atoms with E-state index >= 15 is 0 Å². The van der Waals surface area contributed by atoms with Gasteiger partial charge in [-0.25, -0.2) is 0 Å². The van der Waals surface area contributed by atoms with Crippen LogP contribution in [0.25, 0.3) is 0 Å². The number of hydrogen-bond donors (Lipinski definition) is 1. The van der Waals surface area contributed by atoms with Crippen molar-refractivity contribution < 1.29 is 14.2 Å². The van der Waals surface area contributed by atoms with Gasteiger partial charge in [-0.1, -0.05) is 0 Å². The first-order chi connectivity index (χ1) is 9.67. The van der Waals surface area contributed by atoms with Gasteiger partial charge < -0.3 is 19.5 Å². The number of anilines is 1. The number of aromatic nitrogens is 2. The van der Waals surface area contributed by atoms with Crippen molar-refractivity contribution in [1.82, 2.24) is 9.78 Å². The summed E-state index contributed by atoms with van der Waals surface area (Å²) in [5.74, 6) is 1.89. The van der Waals surface area contributed by atoms with E-state index in [1.165, 1.54) is 0 Å². The Morgan fingerprint density at radius 1 is 1.10 bits per heavy atom. The summed E-state index contributed by atoms with van der Waals surface area (Å²) in [5, 5.41) is 7.40. The van der Waals surface area contributed by atoms with Gasteiger partial charge in [0.1, 0.15) is 0 Å². The van der Waals surface area contributed by atoms with Crippen LogP contribution in [-0.4, -0.2) is 31.1 Å². The van der Waals surface area contributed by atoms with Gasteiger partial charge in [0.2, 0.25) is 5.75 Å². The number of methoxy groups -OCH3 is 3. The Bertz CT molecular complexity index is 556. The van der Waals surface area contributed by atoms with E-state index in [0.717, 1.165) is 11.3 Å². The number of nitrogens with zero attached hydrogens (tertiary/aromatic N) is 2. The zero-order chi connectivity index (χ0) is 14.5. The van der Waals surface area contributed by atoms with Crippen LogP contribution < -0.4 is 19.5 Å². The van der Waals surface area contributed by atoms with Crippen LogP contribution in [0.15, 0.2) is 24.5 Å². The first kappa shape index (κ1) is 14.0. The number of benzene rings is 1. The standard InChI is InChI=1S/C14H19N3O3/c1-17-9-11(8-16-17)15-7-10-5-12(18-2)14(20-4)13(6-10)19-3/h5-6,8-9,15H,7H2,1-4H3. The van der Waals surface area contributed by atoms with E-state index in [4.69, 9.17) is 14.2 Å². The maximum Gasteiger partial charge on any atom is 0.203 e. The third kappa shape index (κ3) is 2.96. The summed E-state index contributed by atoms with van der Waals surface area (Å²) in [5.41, 5.74) is 1.99. The SMILES string of the molecule is COc1cc(CNc2cnn(C)c2)cc(OC)c1OC. The van der Waals surface area contributed by atoms with Gasteiger partial charge in [-0.3, -0.25) is 4.68 Å².